The molecular formula is C15H16S. The van der Waals surface area contributed by atoms with Crippen LogP contribution in [-0.2, 0) is 0 Å². The van der Waals surface area contributed by atoms with Crippen LogP contribution in [0.25, 0.3) is 0 Å². The van der Waals surface area contributed by atoms with E-state index in [-0.39, 0.29) is 0 Å². The number of hydrogen-bond acceptors (Lipinski definition) is 1. The van der Waals surface area contributed by atoms with E-state index < -0.39 is 0 Å². The molecule has 0 amide bonds. The van der Waals surface area contributed by atoms with Crippen molar-refractivity contribution in [2.75, 3.05) is 6.26 Å². The summed E-state index contributed by atoms with van der Waals surface area (Å²) in [4.78, 5) is 0. The molecule has 0 aromatic heterocycles. The molecule has 0 heterocycles. The second-order valence-corrected chi connectivity index (χ2v) is 4.88. The predicted octanol–water partition coefficient (Wildman–Crippen LogP) is 4.45. The van der Waals surface area contributed by atoms with Crippen molar-refractivity contribution in [1.29, 1.82) is 0 Å². The van der Waals surface area contributed by atoms with Gasteiger partial charge in [-0.25, -0.2) is 0 Å². The molecule has 0 saturated heterocycles. The van der Waals surface area contributed by atoms with E-state index in [1.165, 1.54) is 16.7 Å². The Labute approximate surface area is 102 Å². The lowest BCUT2D eigenvalue weighted by molar-refractivity contribution is 1.15. The summed E-state index contributed by atoms with van der Waals surface area (Å²) in [5.41, 5.74) is 4.07. The van der Waals surface area contributed by atoms with E-state index in [1.807, 2.05) is 11.8 Å². The molecule has 0 fully saturated rings. The fourth-order valence-corrected chi connectivity index (χ4v) is 2.69. The Balaban J connectivity index is 2.33. The lowest BCUT2D eigenvalue weighted by atomic mass is 10.0. The van der Waals surface area contributed by atoms with E-state index in [0.29, 0.717) is 5.25 Å². The third-order valence-corrected chi connectivity index (χ3v) is 3.73. The Morgan fingerprint density at radius 2 is 1.38 bits per heavy atom. The number of aryl methyl sites for hydroxylation is 1. The van der Waals surface area contributed by atoms with Gasteiger partial charge in [0, 0.05) is 0 Å². The summed E-state index contributed by atoms with van der Waals surface area (Å²) in [6.45, 7) is 2.13. The maximum Gasteiger partial charge on any atom is 0.0543 e. The Bertz CT molecular complexity index is 431. The van der Waals surface area contributed by atoms with Crippen LogP contribution in [0.4, 0.5) is 0 Å². The highest BCUT2D eigenvalue weighted by atomic mass is 32.2. The average Bonchev–Trinajstić information content (AvgIpc) is 2.34. The van der Waals surface area contributed by atoms with Crippen LogP contribution < -0.4 is 0 Å². The Morgan fingerprint density at radius 1 is 0.812 bits per heavy atom. The molecule has 2 rings (SSSR count). The van der Waals surface area contributed by atoms with Gasteiger partial charge in [-0.3, -0.25) is 0 Å². The standard InChI is InChI=1S/C15H16S/c1-12-8-10-14(11-9-12)15(16-2)13-6-4-3-5-7-13/h3-11,15H,1-2H3/t15-/m1/s1. The van der Waals surface area contributed by atoms with Crippen LogP contribution in [0.3, 0.4) is 0 Å². The average molecular weight is 228 g/mol. The maximum absolute atomic E-state index is 2.23. The number of rotatable bonds is 3. The molecule has 0 unspecified atom stereocenters. The number of thioether (sulfide) groups is 1. The Hall–Kier alpha value is -1.21. The van der Waals surface area contributed by atoms with E-state index >= 15 is 0 Å². The lowest BCUT2D eigenvalue weighted by Gasteiger charge is -2.15. The minimum Gasteiger partial charge on any atom is -0.152 e. The van der Waals surface area contributed by atoms with Gasteiger partial charge in [-0.1, -0.05) is 60.2 Å². The first kappa shape index (κ1) is 11.3. The molecular weight excluding hydrogens is 212 g/mol. The molecule has 0 saturated carbocycles. The van der Waals surface area contributed by atoms with E-state index in [9.17, 15) is 0 Å². The van der Waals surface area contributed by atoms with Crippen LogP contribution in [0.2, 0.25) is 0 Å². The quantitative estimate of drug-likeness (QED) is 0.748. The van der Waals surface area contributed by atoms with E-state index in [1.54, 1.807) is 0 Å². The van der Waals surface area contributed by atoms with E-state index in [2.05, 4.69) is 67.8 Å². The Morgan fingerprint density at radius 3 is 1.94 bits per heavy atom. The Kier molecular flexibility index (Phi) is 3.68. The van der Waals surface area contributed by atoms with Gasteiger partial charge in [-0.05, 0) is 24.3 Å². The molecule has 2 aromatic carbocycles. The molecule has 0 aliphatic rings. The monoisotopic (exact) mass is 228 g/mol. The van der Waals surface area contributed by atoms with Crippen LogP contribution in [0.5, 0.6) is 0 Å². The van der Waals surface area contributed by atoms with Gasteiger partial charge in [0.1, 0.15) is 0 Å². The van der Waals surface area contributed by atoms with Crippen molar-refractivity contribution in [2.45, 2.75) is 12.2 Å². The molecule has 0 radical (unpaired) electrons. The minimum absolute atomic E-state index is 0.446. The van der Waals surface area contributed by atoms with Crippen LogP contribution >= 0.6 is 11.8 Å². The van der Waals surface area contributed by atoms with Crippen molar-refractivity contribution in [2.24, 2.45) is 0 Å². The summed E-state index contributed by atoms with van der Waals surface area (Å²) in [6.07, 6.45) is 2.16. The fourth-order valence-electron chi connectivity index (χ4n) is 1.83. The third-order valence-electron chi connectivity index (χ3n) is 2.72. The summed E-state index contributed by atoms with van der Waals surface area (Å²) in [7, 11) is 0. The molecule has 0 nitrogen and oxygen atoms in total. The molecule has 0 aliphatic heterocycles. The predicted molar refractivity (Wildman–Crippen MR) is 73.0 cm³/mol. The van der Waals surface area contributed by atoms with Gasteiger partial charge < -0.3 is 0 Å². The zero-order valence-corrected chi connectivity index (χ0v) is 10.5. The van der Waals surface area contributed by atoms with E-state index in [4.69, 9.17) is 0 Å². The molecule has 82 valence electrons. The second-order valence-electron chi connectivity index (χ2n) is 3.94. The van der Waals surface area contributed by atoms with Crippen molar-refractivity contribution in [1.82, 2.24) is 0 Å². The number of hydrogen-bond donors (Lipinski definition) is 0. The van der Waals surface area contributed by atoms with Gasteiger partial charge in [0.2, 0.25) is 0 Å². The second kappa shape index (κ2) is 5.22. The maximum atomic E-state index is 2.23. The van der Waals surface area contributed by atoms with Crippen LogP contribution in [0, 0.1) is 6.92 Å². The minimum atomic E-state index is 0.446. The van der Waals surface area contributed by atoms with Crippen LogP contribution in [-0.4, -0.2) is 6.26 Å². The smallest absolute Gasteiger partial charge is 0.0543 e. The molecule has 2 aromatic rings. The lowest BCUT2D eigenvalue weighted by Crippen LogP contribution is -1.95. The zero-order valence-electron chi connectivity index (χ0n) is 9.68. The van der Waals surface area contributed by atoms with Gasteiger partial charge in [-0.15, -0.1) is 0 Å². The fraction of sp³-hybridized carbons (Fsp3) is 0.200. The third kappa shape index (κ3) is 2.48. The summed E-state index contributed by atoms with van der Waals surface area (Å²) in [5.74, 6) is 0. The summed E-state index contributed by atoms with van der Waals surface area (Å²) < 4.78 is 0. The first-order chi connectivity index (χ1) is 7.81. The first-order valence-electron chi connectivity index (χ1n) is 5.45. The summed E-state index contributed by atoms with van der Waals surface area (Å²) in [5, 5.41) is 0.446. The van der Waals surface area contributed by atoms with Gasteiger partial charge in [0.25, 0.3) is 0 Å². The summed E-state index contributed by atoms with van der Waals surface area (Å²) >= 11 is 1.88. The number of benzene rings is 2. The molecule has 0 bridgehead atoms. The largest absolute Gasteiger partial charge is 0.152 e. The van der Waals surface area contributed by atoms with Gasteiger partial charge in [0.05, 0.1) is 5.25 Å². The summed E-state index contributed by atoms with van der Waals surface area (Å²) in [6, 6.07) is 19.5. The van der Waals surface area contributed by atoms with Gasteiger partial charge >= 0.3 is 0 Å². The zero-order chi connectivity index (χ0) is 11.4. The van der Waals surface area contributed by atoms with Crippen molar-refractivity contribution in [3.63, 3.8) is 0 Å². The van der Waals surface area contributed by atoms with Gasteiger partial charge in [-0.2, -0.15) is 11.8 Å². The molecule has 0 N–H and O–H groups in total. The molecule has 16 heavy (non-hydrogen) atoms. The topological polar surface area (TPSA) is 0 Å². The van der Waals surface area contributed by atoms with Crippen molar-refractivity contribution in [3.8, 4) is 0 Å². The van der Waals surface area contributed by atoms with Crippen molar-refractivity contribution < 1.29 is 0 Å². The van der Waals surface area contributed by atoms with E-state index in [0.717, 1.165) is 0 Å². The highest BCUT2D eigenvalue weighted by molar-refractivity contribution is 7.99. The van der Waals surface area contributed by atoms with Crippen molar-refractivity contribution >= 4 is 11.8 Å². The molecule has 1 atom stereocenters. The van der Waals surface area contributed by atoms with Crippen molar-refractivity contribution in [3.05, 3.63) is 71.3 Å². The van der Waals surface area contributed by atoms with Crippen LogP contribution in [0.1, 0.15) is 21.9 Å². The normalized spacial score (nSPS) is 12.4. The SMILES string of the molecule is CS[C@H](c1ccccc1)c1ccc(C)cc1. The highest BCUT2D eigenvalue weighted by Gasteiger charge is 2.11. The van der Waals surface area contributed by atoms with Crippen LogP contribution in [0.15, 0.2) is 54.6 Å². The molecule has 0 aliphatic carbocycles. The molecule has 0 spiro atoms. The van der Waals surface area contributed by atoms with Gasteiger partial charge in [0.15, 0.2) is 0 Å². The first-order valence-corrected chi connectivity index (χ1v) is 6.74. The highest BCUT2D eigenvalue weighted by Crippen LogP contribution is 2.33. The molecule has 1 heteroatoms.